The molecular formula is C23H29N5O2. The van der Waals surface area contributed by atoms with E-state index in [9.17, 15) is 4.79 Å². The van der Waals surface area contributed by atoms with Crippen molar-refractivity contribution in [3.8, 4) is 16.8 Å². The Morgan fingerprint density at radius 1 is 1.10 bits per heavy atom. The molecule has 0 aliphatic carbocycles. The van der Waals surface area contributed by atoms with Gasteiger partial charge in [-0.2, -0.15) is 4.68 Å². The molecule has 2 aromatic carbocycles. The summed E-state index contributed by atoms with van der Waals surface area (Å²) in [5, 5.41) is 15.2. The Bertz CT molecular complexity index is 995. The Labute approximate surface area is 177 Å². The Morgan fingerprint density at radius 3 is 2.50 bits per heavy atom. The average Bonchev–Trinajstić information content (AvgIpc) is 3.15. The lowest BCUT2D eigenvalue weighted by Gasteiger charge is -2.15. The number of aromatic nitrogens is 4. The molecular weight excluding hydrogens is 378 g/mol. The van der Waals surface area contributed by atoms with Crippen LogP contribution < -0.4 is 5.32 Å². The monoisotopic (exact) mass is 407 g/mol. The Morgan fingerprint density at radius 2 is 1.83 bits per heavy atom. The lowest BCUT2D eigenvalue weighted by Crippen LogP contribution is -2.35. The van der Waals surface area contributed by atoms with Crippen molar-refractivity contribution in [2.75, 3.05) is 13.7 Å². The predicted octanol–water partition coefficient (Wildman–Crippen LogP) is 3.60. The van der Waals surface area contributed by atoms with Crippen LogP contribution >= 0.6 is 0 Å². The third kappa shape index (κ3) is 5.30. The Kier molecular flexibility index (Phi) is 6.95. The molecule has 1 heterocycles. The number of amides is 1. The summed E-state index contributed by atoms with van der Waals surface area (Å²) in [5.74, 6) is 1.02. The second-order valence-electron chi connectivity index (χ2n) is 8.07. The largest absolute Gasteiger partial charge is 0.383 e. The predicted molar refractivity (Wildman–Crippen MR) is 117 cm³/mol. The van der Waals surface area contributed by atoms with Crippen LogP contribution in [0.4, 0.5) is 0 Å². The fraction of sp³-hybridized carbons (Fsp3) is 0.391. The van der Waals surface area contributed by atoms with Gasteiger partial charge in [-0.3, -0.25) is 4.79 Å². The van der Waals surface area contributed by atoms with Crippen molar-refractivity contribution in [3.63, 3.8) is 0 Å². The third-order valence-corrected chi connectivity index (χ3v) is 4.73. The SMILES string of the molecule is COC[C@@H](C)NC(=O)c1cc(-c2ccc(C)cc2)cc(-n2nnnc2CC(C)C)c1. The van der Waals surface area contributed by atoms with E-state index in [0.717, 1.165) is 29.1 Å². The standard InChI is InChI=1S/C23H29N5O2/c1-15(2)10-22-25-26-27-28(22)21-12-19(18-8-6-16(3)7-9-18)11-20(13-21)23(29)24-17(4)14-30-5/h6-9,11-13,15,17H,10,14H2,1-5H3,(H,24,29)/t17-/m1/s1. The summed E-state index contributed by atoms with van der Waals surface area (Å²) in [4.78, 5) is 12.9. The molecule has 1 N–H and O–H groups in total. The topological polar surface area (TPSA) is 81.9 Å². The number of carbonyl (C=O) groups is 1. The first-order valence-electron chi connectivity index (χ1n) is 10.2. The van der Waals surface area contributed by atoms with Crippen molar-refractivity contribution in [2.45, 2.75) is 40.2 Å². The van der Waals surface area contributed by atoms with Crippen molar-refractivity contribution >= 4 is 5.91 Å². The summed E-state index contributed by atoms with van der Waals surface area (Å²) in [6.45, 7) is 8.65. The fourth-order valence-corrected chi connectivity index (χ4v) is 3.27. The molecule has 0 aliphatic heterocycles. The van der Waals surface area contributed by atoms with Crippen molar-refractivity contribution in [1.29, 1.82) is 0 Å². The zero-order valence-electron chi connectivity index (χ0n) is 18.2. The number of tetrazole rings is 1. The van der Waals surface area contributed by atoms with Gasteiger partial charge < -0.3 is 10.1 Å². The summed E-state index contributed by atoms with van der Waals surface area (Å²) in [7, 11) is 1.62. The van der Waals surface area contributed by atoms with Crippen LogP contribution in [0.5, 0.6) is 0 Å². The third-order valence-electron chi connectivity index (χ3n) is 4.73. The van der Waals surface area contributed by atoms with Crippen LogP contribution in [0.15, 0.2) is 42.5 Å². The zero-order chi connectivity index (χ0) is 21.7. The van der Waals surface area contributed by atoms with Crippen molar-refractivity contribution < 1.29 is 9.53 Å². The molecule has 0 spiro atoms. The van der Waals surface area contributed by atoms with Crippen LogP contribution in [0, 0.1) is 12.8 Å². The maximum absolute atomic E-state index is 12.9. The van der Waals surface area contributed by atoms with Gasteiger partial charge in [0.2, 0.25) is 0 Å². The van der Waals surface area contributed by atoms with Crippen LogP contribution in [0.2, 0.25) is 0 Å². The number of ether oxygens (including phenoxy) is 1. The van der Waals surface area contributed by atoms with E-state index in [4.69, 9.17) is 4.74 Å². The smallest absolute Gasteiger partial charge is 0.251 e. The van der Waals surface area contributed by atoms with Gasteiger partial charge in [0.15, 0.2) is 5.82 Å². The highest BCUT2D eigenvalue weighted by Crippen LogP contribution is 2.25. The minimum atomic E-state index is -0.159. The normalized spacial score (nSPS) is 12.2. The van der Waals surface area contributed by atoms with Crippen LogP contribution in [-0.2, 0) is 11.2 Å². The number of methoxy groups -OCH3 is 1. The molecule has 7 nitrogen and oxygen atoms in total. The number of aryl methyl sites for hydroxylation is 1. The van der Waals surface area contributed by atoms with E-state index in [1.807, 2.05) is 25.1 Å². The first kappa shape index (κ1) is 21.6. The summed E-state index contributed by atoms with van der Waals surface area (Å²) in [6, 6.07) is 13.9. The summed E-state index contributed by atoms with van der Waals surface area (Å²) >= 11 is 0. The van der Waals surface area contributed by atoms with Crippen molar-refractivity contribution in [3.05, 3.63) is 59.4 Å². The quantitative estimate of drug-likeness (QED) is 0.617. The molecule has 1 atom stereocenters. The van der Waals surface area contributed by atoms with Crippen LogP contribution in [-0.4, -0.2) is 45.9 Å². The molecule has 1 amide bonds. The number of nitrogens with zero attached hydrogens (tertiary/aromatic N) is 4. The molecule has 158 valence electrons. The lowest BCUT2D eigenvalue weighted by molar-refractivity contribution is 0.0905. The number of nitrogens with one attached hydrogen (secondary N) is 1. The fourth-order valence-electron chi connectivity index (χ4n) is 3.27. The molecule has 0 unspecified atom stereocenters. The Hall–Kier alpha value is -3.06. The molecule has 0 radical (unpaired) electrons. The summed E-state index contributed by atoms with van der Waals surface area (Å²) in [5.41, 5.74) is 4.46. The van der Waals surface area contributed by atoms with Gasteiger partial charge in [-0.15, -0.1) is 5.10 Å². The molecule has 0 aliphatic rings. The number of carbonyl (C=O) groups excluding carboxylic acids is 1. The van der Waals surface area contributed by atoms with E-state index in [2.05, 4.69) is 65.9 Å². The van der Waals surface area contributed by atoms with Gasteiger partial charge >= 0.3 is 0 Å². The maximum Gasteiger partial charge on any atom is 0.251 e. The molecule has 3 rings (SSSR count). The second-order valence-corrected chi connectivity index (χ2v) is 8.07. The first-order chi connectivity index (χ1) is 14.4. The van der Waals surface area contributed by atoms with Gasteiger partial charge in [-0.1, -0.05) is 43.7 Å². The van der Waals surface area contributed by atoms with E-state index >= 15 is 0 Å². The number of benzene rings is 2. The Balaban J connectivity index is 2.06. The highest BCUT2D eigenvalue weighted by atomic mass is 16.5. The van der Waals surface area contributed by atoms with E-state index in [-0.39, 0.29) is 11.9 Å². The van der Waals surface area contributed by atoms with Gasteiger partial charge in [-0.25, -0.2) is 0 Å². The number of hydrogen-bond acceptors (Lipinski definition) is 5. The van der Waals surface area contributed by atoms with E-state index in [1.165, 1.54) is 5.56 Å². The maximum atomic E-state index is 12.9. The highest BCUT2D eigenvalue weighted by molar-refractivity contribution is 5.96. The molecule has 0 saturated heterocycles. The van der Waals surface area contributed by atoms with E-state index < -0.39 is 0 Å². The van der Waals surface area contributed by atoms with Gasteiger partial charge in [0.1, 0.15) is 0 Å². The first-order valence-corrected chi connectivity index (χ1v) is 10.2. The number of rotatable bonds is 8. The molecule has 3 aromatic rings. The van der Waals surface area contributed by atoms with Gasteiger partial charge in [0.05, 0.1) is 12.3 Å². The lowest BCUT2D eigenvalue weighted by atomic mass is 10.0. The number of hydrogen-bond donors (Lipinski definition) is 1. The summed E-state index contributed by atoms with van der Waals surface area (Å²) < 4.78 is 6.85. The van der Waals surface area contributed by atoms with Gasteiger partial charge in [-0.05, 0) is 59.5 Å². The molecule has 0 bridgehead atoms. The molecule has 0 saturated carbocycles. The van der Waals surface area contributed by atoms with Crippen LogP contribution in [0.25, 0.3) is 16.8 Å². The van der Waals surface area contributed by atoms with E-state index in [1.54, 1.807) is 11.8 Å². The van der Waals surface area contributed by atoms with Crippen LogP contribution in [0.1, 0.15) is 42.5 Å². The zero-order valence-corrected chi connectivity index (χ0v) is 18.2. The van der Waals surface area contributed by atoms with E-state index in [0.29, 0.717) is 18.1 Å². The minimum Gasteiger partial charge on any atom is -0.383 e. The highest BCUT2D eigenvalue weighted by Gasteiger charge is 2.16. The van der Waals surface area contributed by atoms with Crippen molar-refractivity contribution in [2.24, 2.45) is 5.92 Å². The minimum absolute atomic E-state index is 0.0986. The molecule has 0 fully saturated rings. The average molecular weight is 408 g/mol. The summed E-state index contributed by atoms with van der Waals surface area (Å²) in [6.07, 6.45) is 0.744. The molecule has 30 heavy (non-hydrogen) atoms. The van der Waals surface area contributed by atoms with Gasteiger partial charge in [0, 0.05) is 25.1 Å². The molecule has 1 aromatic heterocycles. The second kappa shape index (κ2) is 9.63. The molecule has 7 heteroatoms. The van der Waals surface area contributed by atoms with Crippen molar-refractivity contribution in [1.82, 2.24) is 25.5 Å². The van der Waals surface area contributed by atoms with Crippen LogP contribution in [0.3, 0.4) is 0 Å². The van der Waals surface area contributed by atoms with Gasteiger partial charge in [0.25, 0.3) is 5.91 Å².